The van der Waals surface area contributed by atoms with E-state index < -0.39 is 0 Å². The summed E-state index contributed by atoms with van der Waals surface area (Å²) in [6.07, 6.45) is 5.73. The van der Waals surface area contributed by atoms with Gasteiger partial charge in [0.2, 0.25) is 0 Å². The van der Waals surface area contributed by atoms with E-state index in [2.05, 4.69) is 18.9 Å². The van der Waals surface area contributed by atoms with Crippen molar-refractivity contribution in [3.8, 4) is 0 Å². The van der Waals surface area contributed by atoms with E-state index in [1.165, 1.54) is 38.8 Å². The van der Waals surface area contributed by atoms with Crippen LogP contribution in [0, 0.1) is 5.92 Å². The van der Waals surface area contributed by atoms with Crippen molar-refractivity contribution in [2.45, 2.75) is 32.6 Å². The number of rotatable bonds is 0. The van der Waals surface area contributed by atoms with Crippen molar-refractivity contribution in [3.63, 3.8) is 0 Å². The van der Waals surface area contributed by atoms with Gasteiger partial charge in [-0.15, -0.1) is 0 Å². The SMILES string of the molecule is C[C@H]1CCCCCN(C)C1. The van der Waals surface area contributed by atoms with Gasteiger partial charge in [0.05, 0.1) is 0 Å². The van der Waals surface area contributed by atoms with Crippen LogP contribution >= 0.6 is 0 Å². The van der Waals surface area contributed by atoms with E-state index in [-0.39, 0.29) is 0 Å². The Morgan fingerprint density at radius 2 is 2.00 bits per heavy atom. The summed E-state index contributed by atoms with van der Waals surface area (Å²) >= 11 is 0. The van der Waals surface area contributed by atoms with Crippen LogP contribution in [0.3, 0.4) is 0 Å². The first-order chi connectivity index (χ1) is 4.79. The van der Waals surface area contributed by atoms with E-state index in [9.17, 15) is 0 Å². The van der Waals surface area contributed by atoms with Crippen LogP contribution in [0.15, 0.2) is 0 Å². The number of hydrogen-bond acceptors (Lipinski definition) is 1. The molecule has 0 N–H and O–H groups in total. The Morgan fingerprint density at radius 3 is 2.80 bits per heavy atom. The molecular formula is C9H19N. The number of likely N-dealkylation sites (tertiary alicyclic amines) is 1. The largest absolute Gasteiger partial charge is 0.306 e. The summed E-state index contributed by atoms with van der Waals surface area (Å²) in [5, 5.41) is 0. The molecule has 1 fully saturated rings. The van der Waals surface area contributed by atoms with Gasteiger partial charge >= 0.3 is 0 Å². The van der Waals surface area contributed by atoms with Gasteiger partial charge < -0.3 is 4.90 Å². The first kappa shape index (κ1) is 8.06. The fourth-order valence-electron chi connectivity index (χ4n) is 1.77. The standard InChI is InChI=1S/C9H19N/c1-9-6-4-3-5-7-10(2)8-9/h9H,3-8H2,1-2H3/t9-/m0/s1. The Bertz CT molecular complexity index is 80.7. The predicted octanol–water partition coefficient (Wildman–Crippen LogP) is 2.13. The summed E-state index contributed by atoms with van der Waals surface area (Å²) in [5.74, 6) is 0.922. The molecule has 0 aromatic heterocycles. The second kappa shape index (κ2) is 3.97. The van der Waals surface area contributed by atoms with Crippen LogP contribution in [-0.2, 0) is 0 Å². The molecule has 1 heterocycles. The zero-order valence-corrected chi connectivity index (χ0v) is 7.27. The third-order valence-electron chi connectivity index (χ3n) is 2.36. The predicted molar refractivity (Wildman–Crippen MR) is 45.1 cm³/mol. The summed E-state index contributed by atoms with van der Waals surface area (Å²) in [6, 6.07) is 0. The average Bonchev–Trinajstić information content (AvgIpc) is 1.83. The van der Waals surface area contributed by atoms with Crippen LogP contribution in [-0.4, -0.2) is 25.0 Å². The van der Waals surface area contributed by atoms with Gasteiger partial charge in [0, 0.05) is 6.54 Å². The normalized spacial score (nSPS) is 31.2. The zero-order valence-electron chi connectivity index (χ0n) is 7.27. The average molecular weight is 141 g/mol. The molecule has 1 rings (SSSR count). The Balaban J connectivity index is 2.25. The minimum Gasteiger partial charge on any atom is -0.306 e. The Morgan fingerprint density at radius 1 is 1.20 bits per heavy atom. The Labute approximate surface area is 64.4 Å². The molecule has 0 unspecified atom stereocenters. The van der Waals surface area contributed by atoms with Gasteiger partial charge in [0.15, 0.2) is 0 Å². The van der Waals surface area contributed by atoms with Crippen LogP contribution in [0.4, 0.5) is 0 Å². The van der Waals surface area contributed by atoms with E-state index in [0.717, 1.165) is 5.92 Å². The lowest BCUT2D eigenvalue weighted by Gasteiger charge is -2.23. The molecule has 10 heavy (non-hydrogen) atoms. The third-order valence-corrected chi connectivity index (χ3v) is 2.36. The Hall–Kier alpha value is -0.0400. The zero-order chi connectivity index (χ0) is 7.40. The highest BCUT2D eigenvalue weighted by Gasteiger charge is 2.08. The molecule has 1 aliphatic rings. The van der Waals surface area contributed by atoms with Crippen molar-refractivity contribution < 1.29 is 0 Å². The first-order valence-corrected chi connectivity index (χ1v) is 4.47. The van der Waals surface area contributed by atoms with Crippen LogP contribution in [0.2, 0.25) is 0 Å². The quantitative estimate of drug-likeness (QED) is 0.499. The molecule has 0 spiro atoms. The number of nitrogens with zero attached hydrogens (tertiary/aromatic N) is 1. The first-order valence-electron chi connectivity index (χ1n) is 4.47. The van der Waals surface area contributed by atoms with Crippen molar-refractivity contribution >= 4 is 0 Å². The fourth-order valence-corrected chi connectivity index (χ4v) is 1.77. The molecule has 1 saturated heterocycles. The highest BCUT2D eigenvalue weighted by atomic mass is 15.1. The van der Waals surface area contributed by atoms with Gasteiger partial charge in [0.25, 0.3) is 0 Å². The van der Waals surface area contributed by atoms with Gasteiger partial charge in [-0.05, 0) is 32.4 Å². The van der Waals surface area contributed by atoms with E-state index in [1.54, 1.807) is 0 Å². The third kappa shape index (κ3) is 2.70. The highest BCUT2D eigenvalue weighted by molar-refractivity contribution is 4.63. The summed E-state index contributed by atoms with van der Waals surface area (Å²) in [4.78, 5) is 2.46. The molecule has 0 aromatic carbocycles. The lowest BCUT2D eigenvalue weighted by Crippen LogP contribution is -2.27. The molecule has 0 radical (unpaired) electrons. The summed E-state index contributed by atoms with van der Waals surface area (Å²) < 4.78 is 0. The van der Waals surface area contributed by atoms with Crippen LogP contribution in [0.25, 0.3) is 0 Å². The molecular weight excluding hydrogens is 122 g/mol. The molecule has 0 aromatic rings. The molecule has 0 bridgehead atoms. The molecule has 60 valence electrons. The molecule has 1 heteroatoms. The second-order valence-electron chi connectivity index (χ2n) is 3.72. The van der Waals surface area contributed by atoms with Crippen molar-refractivity contribution in [2.24, 2.45) is 5.92 Å². The van der Waals surface area contributed by atoms with E-state index in [4.69, 9.17) is 0 Å². The van der Waals surface area contributed by atoms with Crippen molar-refractivity contribution in [2.75, 3.05) is 20.1 Å². The van der Waals surface area contributed by atoms with Gasteiger partial charge in [0.1, 0.15) is 0 Å². The van der Waals surface area contributed by atoms with Crippen LogP contribution < -0.4 is 0 Å². The molecule has 1 nitrogen and oxygen atoms in total. The second-order valence-corrected chi connectivity index (χ2v) is 3.72. The monoisotopic (exact) mass is 141 g/mol. The fraction of sp³-hybridized carbons (Fsp3) is 1.00. The van der Waals surface area contributed by atoms with Crippen molar-refractivity contribution in [3.05, 3.63) is 0 Å². The van der Waals surface area contributed by atoms with Gasteiger partial charge in [-0.3, -0.25) is 0 Å². The minimum atomic E-state index is 0.922. The Kier molecular flexibility index (Phi) is 3.20. The topological polar surface area (TPSA) is 3.24 Å². The summed E-state index contributed by atoms with van der Waals surface area (Å²) in [5.41, 5.74) is 0. The lowest BCUT2D eigenvalue weighted by molar-refractivity contribution is 0.249. The minimum absolute atomic E-state index is 0.922. The van der Waals surface area contributed by atoms with Crippen molar-refractivity contribution in [1.29, 1.82) is 0 Å². The van der Waals surface area contributed by atoms with Gasteiger partial charge in [-0.1, -0.05) is 19.8 Å². The summed E-state index contributed by atoms with van der Waals surface area (Å²) in [6.45, 7) is 4.98. The van der Waals surface area contributed by atoms with Crippen molar-refractivity contribution in [1.82, 2.24) is 4.90 Å². The smallest absolute Gasteiger partial charge is 0.000397 e. The highest BCUT2D eigenvalue weighted by Crippen LogP contribution is 2.14. The summed E-state index contributed by atoms with van der Waals surface area (Å²) in [7, 11) is 2.24. The van der Waals surface area contributed by atoms with E-state index in [0.29, 0.717) is 0 Å². The van der Waals surface area contributed by atoms with E-state index in [1.807, 2.05) is 0 Å². The van der Waals surface area contributed by atoms with Gasteiger partial charge in [-0.2, -0.15) is 0 Å². The molecule has 1 atom stereocenters. The molecule has 0 aliphatic carbocycles. The maximum absolute atomic E-state index is 2.46. The molecule has 1 aliphatic heterocycles. The number of hydrogen-bond donors (Lipinski definition) is 0. The molecule has 0 amide bonds. The maximum atomic E-state index is 2.46. The lowest BCUT2D eigenvalue weighted by atomic mass is 10.0. The van der Waals surface area contributed by atoms with Crippen LogP contribution in [0.5, 0.6) is 0 Å². The maximum Gasteiger partial charge on any atom is 0.000397 e. The van der Waals surface area contributed by atoms with Crippen LogP contribution in [0.1, 0.15) is 32.6 Å². The van der Waals surface area contributed by atoms with E-state index >= 15 is 0 Å². The molecule has 0 saturated carbocycles. The van der Waals surface area contributed by atoms with Gasteiger partial charge in [-0.25, -0.2) is 0 Å².